The van der Waals surface area contributed by atoms with Gasteiger partial charge in [0, 0.05) is 6.07 Å². The molecule has 2 saturated carbocycles. The Labute approximate surface area is 200 Å². The SMILES string of the molecule is CCCCCCC1CCC2CC(c3ccc(C(=O)Oc4ccc(F)c(F)c4)cc3F)CCC2C1. The first-order valence-corrected chi connectivity index (χ1v) is 12.9. The van der Waals surface area contributed by atoms with Crippen LogP contribution in [0.1, 0.15) is 99.4 Å². The number of hydrogen-bond acceptors (Lipinski definition) is 2. The van der Waals surface area contributed by atoms with E-state index < -0.39 is 23.4 Å². The highest BCUT2D eigenvalue weighted by molar-refractivity contribution is 5.91. The first kappa shape index (κ1) is 24.8. The number of halogens is 3. The molecule has 2 fully saturated rings. The number of benzene rings is 2. The molecular weight excluding hydrogens is 437 g/mol. The Morgan fingerprint density at radius 1 is 0.853 bits per heavy atom. The fourth-order valence-electron chi connectivity index (χ4n) is 6.08. The smallest absolute Gasteiger partial charge is 0.343 e. The zero-order chi connectivity index (χ0) is 24.1. The number of unbranched alkanes of at least 4 members (excludes halogenated alkanes) is 3. The number of fused-ring (bicyclic) bond motifs is 1. The molecule has 2 aromatic rings. The van der Waals surface area contributed by atoms with Crippen LogP contribution in [0.15, 0.2) is 36.4 Å². The highest BCUT2D eigenvalue weighted by Gasteiger charge is 2.36. The van der Waals surface area contributed by atoms with Gasteiger partial charge in [-0.2, -0.15) is 0 Å². The van der Waals surface area contributed by atoms with Gasteiger partial charge in [0.2, 0.25) is 0 Å². The van der Waals surface area contributed by atoms with Crippen LogP contribution in [0.5, 0.6) is 5.75 Å². The Morgan fingerprint density at radius 3 is 2.41 bits per heavy atom. The Kier molecular flexibility index (Phi) is 8.33. The molecule has 0 bridgehead atoms. The normalized spacial score (nSPS) is 24.5. The minimum absolute atomic E-state index is 0.0586. The first-order chi connectivity index (χ1) is 16.4. The van der Waals surface area contributed by atoms with Gasteiger partial charge in [-0.15, -0.1) is 0 Å². The van der Waals surface area contributed by atoms with Gasteiger partial charge in [-0.1, -0.05) is 51.5 Å². The van der Waals surface area contributed by atoms with Gasteiger partial charge < -0.3 is 4.74 Å². The molecule has 0 aliphatic heterocycles. The second kappa shape index (κ2) is 11.4. The summed E-state index contributed by atoms with van der Waals surface area (Å²) in [6.07, 6.45) is 13.7. The summed E-state index contributed by atoms with van der Waals surface area (Å²) in [6.45, 7) is 2.25. The third-order valence-corrected chi connectivity index (χ3v) is 7.97. The van der Waals surface area contributed by atoms with E-state index in [-0.39, 0.29) is 17.2 Å². The van der Waals surface area contributed by atoms with Gasteiger partial charge in [0.1, 0.15) is 11.6 Å². The van der Waals surface area contributed by atoms with Crippen molar-refractivity contribution in [2.45, 2.75) is 83.5 Å². The van der Waals surface area contributed by atoms with Gasteiger partial charge >= 0.3 is 5.97 Å². The van der Waals surface area contributed by atoms with Gasteiger partial charge in [0.15, 0.2) is 11.6 Å². The highest BCUT2D eigenvalue weighted by atomic mass is 19.2. The van der Waals surface area contributed by atoms with E-state index in [0.717, 1.165) is 43.2 Å². The quantitative estimate of drug-likeness (QED) is 0.218. The van der Waals surface area contributed by atoms with Gasteiger partial charge in [-0.05, 0) is 85.6 Å². The van der Waals surface area contributed by atoms with Crippen molar-refractivity contribution in [1.82, 2.24) is 0 Å². The summed E-state index contributed by atoms with van der Waals surface area (Å²) in [5.74, 6) is -0.946. The van der Waals surface area contributed by atoms with E-state index in [2.05, 4.69) is 6.92 Å². The summed E-state index contributed by atoms with van der Waals surface area (Å²) >= 11 is 0. The molecule has 5 heteroatoms. The summed E-state index contributed by atoms with van der Waals surface area (Å²) in [5, 5.41) is 0. The van der Waals surface area contributed by atoms with Crippen molar-refractivity contribution in [1.29, 1.82) is 0 Å². The van der Waals surface area contributed by atoms with Crippen LogP contribution >= 0.6 is 0 Å². The maximum atomic E-state index is 15.0. The third kappa shape index (κ3) is 6.03. The summed E-state index contributed by atoms with van der Waals surface area (Å²) in [4.78, 5) is 12.4. The lowest BCUT2D eigenvalue weighted by Crippen LogP contribution is -2.30. The van der Waals surface area contributed by atoms with Crippen LogP contribution in [0, 0.1) is 35.2 Å². The summed E-state index contributed by atoms with van der Waals surface area (Å²) in [7, 11) is 0. The van der Waals surface area contributed by atoms with Gasteiger partial charge in [-0.25, -0.2) is 18.0 Å². The van der Waals surface area contributed by atoms with Crippen molar-refractivity contribution in [2.24, 2.45) is 17.8 Å². The van der Waals surface area contributed by atoms with Crippen molar-refractivity contribution in [2.75, 3.05) is 0 Å². The molecule has 2 aliphatic carbocycles. The van der Waals surface area contributed by atoms with Gasteiger partial charge in [-0.3, -0.25) is 0 Å². The Bertz CT molecular complexity index is 989. The molecule has 0 N–H and O–H groups in total. The Morgan fingerprint density at radius 2 is 1.65 bits per heavy atom. The molecule has 0 radical (unpaired) electrons. The number of hydrogen-bond donors (Lipinski definition) is 0. The van der Waals surface area contributed by atoms with E-state index in [0.29, 0.717) is 11.5 Å². The molecule has 2 aromatic carbocycles. The molecule has 2 aliphatic rings. The van der Waals surface area contributed by atoms with Crippen molar-refractivity contribution in [3.8, 4) is 5.75 Å². The number of rotatable bonds is 8. The van der Waals surface area contributed by atoms with Gasteiger partial charge in [0.05, 0.1) is 5.56 Å². The molecule has 0 spiro atoms. The van der Waals surface area contributed by atoms with Crippen molar-refractivity contribution >= 4 is 5.97 Å². The summed E-state index contributed by atoms with van der Waals surface area (Å²) in [6, 6.07) is 7.33. The average Bonchev–Trinajstić information content (AvgIpc) is 2.83. The monoisotopic (exact) mass is 472 g/mol. The lowest BCUT2D eigenvalue weighted by atomic mass is 9.63. The molecule has 2 nitrogen and oxygen atoms in total. The first-order valence-electron chi connectivity index (χ1n) is 12.9. The van der Waals surface area contributed by atoms with Crippen LogP contribution in [0.25, 0.3) is 0 Å². The highest BCUT2D eigenvalue weighted by Crippen LogP contribution is 2.48. The van der Waals surface area contributed by atoms with E-state index in [1.54, 1.807) is 12.1 Å². The maximum Gasteiger partial charge on any atom is 0.343 e. The Hall–Kier alpha value is -2.30. The van der Waals surface area contributed by atoms with E-state index in [4.69, 9.17) is 4.74 Å². The predicted molar refractivity (Wildman–Crippen MR) is 127 cm³/mol. The molecule has 4 atom stereocenters. The van der Waals surface area contributed by atoms with Crippen LogP contribution < -0.4 is 4.74 Å². The molecule has 4 rings (SSSR count). The van der Waals surface area contributed by atoms with E-state index in [1.165, 1.54) is 63.5 Å². The number of carbonyl (C=O) groups is 1. The predicted octanol–water partition coefficient (Wildman–Crippen LogP) is 8.59. The maximum absolute atomic E-state index is 15.0. The van der Waals surface area contributed by atoms with Crippen LogP contribution in [0.3, 0.4) is 0 Å². The zero-order valence-electron chi connectivity index (χ0n) is 20.0. The zero-order valence-corrected chi connectivity index (χ0v) is 20.0. The summed E-state index contributed by atoms with van der Waals surface area (Å²) in [5.41, 5.74) is 0.729. The van der Waals surface area contributed by atoms with Crippen LogP contribution in [-0.2, 0) is 0 Å². The molecule has 0 aromatic heterocycles. The summed E-state index contributed by atoms with van der Waals surface area (Å²) < 4.78 is 46.5. The number of carbonyl (C=O) groups excluding carboxylic acids is 1. The van der Waals surface area contributed by atoms with Crippen molar-refractivity contribution in [3.05, 3.63) is 65.0 Å². The molecule has 0 saturated heterocycles. The second-order valence-electron chi connectivity index (χ2n) is 10.3. The third-order valence-electron chi connectivity index (χ3n) is 7.97. The van der Waals surface area contributed by atoms with E-state index in [9.17, 15) is 13.6 Å². The standard InChI is InChI=1S/C29H35F3O2/c1-2-3-4-5-6-19-7-8-21-16-22(10-9-20(21)15-19)25-13-11-23(17-27(25)31)29(33)34-24-12-14-26(30)28(32)18-24/h11-14,17-22H,2-10,15-16H2,1H3. The number of ether oxygens (including phenoxy) is 1. The van der Waals surface area contributed by atoms with Gasteiger partial charge in [0.25, 0.3) is 0 Å². The molecule has 184 valence electrons. The molecule has 4 unspecified atom stereocenters. The van der Waals surface area contributed by atoms with Crippen molar-refractivity contribution in [3.63, 3.8) is 0 Å². The molecule has 0 amide bonds. The lowest BCUT2D eigenvalue weighted by molar-refractivity contribution is 0.0733. The van der Waals surface area contributed by atoms with E-state index >= 15 is 4.39 Å². The average molecular weight is 473 g/mol. The van der Waals surface area contributed by atoms with Crippen molar-refractivity contribution < 1.29 is 22.7 Å². The second-order valence-corrected chi connectivity index (χ2v) is 10.3. The molecule has 0 heterocycles. The minimum Gasteiger partial charge on any atom is -0.423 e. The van der Waals surface area contributed by atoms with Crippen LogP contribution in [-0.4, -0.2) is 5.97 Å². The topological polar surface area (TPSA) is 26.3 Å². The lowest BCUT2D eigenvalue weighted by Gasteiger charge is -2.42. The Balaban J connectivity index is 1.33. The molecular formula is C29H35F3O2. The fourth-order valence-corrected chi connectivity index (χ4v) is 6.08. The fraction of sp³-hybridized carbons (Fsp3) is 0.552. The largest absolute Gasteiger partial charge is 0.423 e. The minimum atomic E-state index is -1.10. The van der Waals surface area contributed by atoms with Crippen LogP contribution in [0.4, 0.5) is 13.2 Å². The molecule has 34 heavy (non-hydrogen) atoms. The van der Waals surface area contributed by atoms with Crippen LogP contribution in [0.2, 0.25) is 0 Å². The van der Waals surface area contributed by atoms with E-state index in [1.807, 2.05) is 0 Å². The number of esters is 1.